The van der Waals surface area contributed by atoms with Gasteiger partial charge in [-0.05, 0) is 48.9 Å². The SMILES string of the molecule is FC(F)(F)C(c1ccc2nnc(-c3ccc4cccc(OCC5CC5)c4n3)n2c1)N1C[C@H]2C[C@@H]1CN2. The Morgan fingerprint density at radius 2 is 1.97 bits per heavy atom. The molecule has 0 amide bonds. The summed E-state index contributed by atoms with van der Waals surface area (Å²) in [7, 11) is 0. The molecular formula is C26H25F3N6O. The van der Waals surface area contributed by atoms with Crippen molar-refractivity contribution in [1.29, 1.82) is 0 Å². The molecule has 1 aliphatic carbocycles. The van der Waals surface area contributed by atoms with Gasteiger partial charge in [0.1, 0.15) is 23.0 Å². The van der Waals surface area contributed by atoms with Crippen LogP contribution in [0.5, 0.6) is 5.75 Å². The predicted octanol–water partition coefficient (Wildman–Crippen LogP) is 4.38. The zero-order valence-corrected chi connectivity index (χ0v) is 19.4. The topological polar surface area (TPSA) is 67.6 Å². The van der Waals surface area contributed by atoms with Crippen LogP contribution in [0.1, 0.15) is 30.9 Å². The molecule has 4 aromatic rings. The molecule has 5 heterocycles. The van der Waals surface area contributed by atoms with E-state index >= 15 is 0 Å². The number of halogens is 3. The number of fused-ring (bicyclic) bond motifs is 4. The van der Waals surface area contributed by atoms with Gasteiger partial charge in [-0.1, -0.05) is 24.3 Å². The third kappa shape index (κ3) is 3.79. The van der Waals surface area contributed by atoms with Crippen molar-refractivity contribution in [3.63, 3.8) is 0 Å². The molecule has 3 atom stereocenters. The van der Waals surface area contributed by atoms with Gasteiger partial charge in [0, 0.05) is 36.8 Å². The fourth-order valence-electron chi connectivity index (χ4n) is 5.57. The van der Waals surface area contributed by atoms with Crippen molar-refractivity contribution in [2.24, 2.45) is 5.92 Å². The van der Waals surface area contributed by atoms with E-state index in [9.17, 15) is 13.2 Å². The Bertz CT molecular complexity index is 1450. The maximum atomic E-state index is 14.4. The van der Waals surface area contributed by atoms with E-state index in [1.54, 1.807) is 15.4 Å². The highest BCUT2D eigenvalue weighted by Gasteiger charge is 2.51. The van der Waals surface area contributed by atoms with Crippen LogP contribution < -0.4 is 10.1 Å². The average molecular weight is 495 g/mol. The van der Waals surface area contributed by atoms with Crippen LogP contribution in [-0.4, -0.2) is 62.4 Å². The fourth-order valence-corrected chi connectivity index (χ4v) is 5.57. The third-order valence-electron chi connectivity index (χ3n) is 7.57. The lowest BCUT2D eigenvalue weighted by Crippen LogP contribution is -2.49. The van der Waals surface area contributed by atoms with E-state index in [2.05, 4.69) is 15.5 Å². The van der Waals surface area contributed by atoms with Crippen LogP contribution in [0.15, 0.2) is 48.7 Å². The summed E-state index contributed by atoms with van der Waals surface area (Å²) in [6, 6.07) is 11.0. The van der Waals surface area contributed by atoms with Gasteiger partial charge >= 0.3 is 6.18 Å². The normalized spacial score (nSPS) is 23.1. The summed E-state index contributed by atoms with van der Waals surface area (Å²) in [5.74, 6) is 1.70. The summed E-state index contributed by atoms with van der Waals surface area (Å²) < 4.78 is 50.7. The molecule has 186 valence electrons. The van der Waals surface area contributed by atoms with Crippen molar-refractivity contribution in [3.8, 4) is 17.3 Å². The van der Waals surface area contributed by atoms with Crippen LogP contribution in [0.4, 0.5) is 13.2 Å². The zero-order chi connectivity index (χ0) is 24.4. The van der Waals surface area contributed by atoms with E-state index in [1.807, 2.05) is 30.3 Å². The molecule has 3 fully saturated rings. The van der Waals surface area contributed by atoms with Crippen LogP contribution in [0.3, 0.4) is 0 Å². The predicted molar refractivity (Wildman–Crippen MR) is 128 cm³/mol. The molecule has 2 saturated heterocycles. The van der Waals surface area contributed by atoms with Crippen LogP contribution in [0, 0.1) is 5.92 Å². The Kier molecular flexibility index (Phi) is 4.97. The van der Waals surface area contributed by atoms with Crippen molar-refractivity contribution in [3.05, 3.63) is 54.2 Å². The largest absolute Gasteiger partial charge is 0.491 e. The second-order valence-electron chi connectivity index (χ2n) is 10.1. The highest BCUT2D eigenvalue weighted by atomic mass is 19.4. The van der Waals surface area contributed by atoms with E-state index in [-0.39, 0.29) is 17.6 Å². The molecule has 10 heteroatoms. The lowest BCUT2D eigenvalue weighted by molar-refractivity contribution is -0.190. The van der Waals surface area contributed by atoms with E-state index in [0.717, 1.165) is 11.8 Å². The van der Waals surface area contributed by atoms with E-state index in [1.165, 1.54) is 25.1 Å². The van der Waals surface area contributed by atoms with Gasteiger partial charge < -0.3 is 10.1 Å². The summed E-state index contributed by atoms with van der Waals surface area (Å²) in [5, 5.41) is 12.7. The number of ether oxygens (including phenoxy) is 1. The van der Waals surface area contributed by atoms with Gasteiger partial charge in [0.15, 0.2) is 11.5 Å². The molecule has 2 aliphatic heterocycles. The van der Waals surface area contributed by atoms with Gasteiger partial charge in [-0.2, -0.15) is 13.2 Å². The summed E-state index contributed by atoms with van der Waals surface area (Å²) >= 11 is 0. The summed E-state index contributed by atoms with van der Waals surface area (Å²) in [4.78, 5) is 6.40. The number of likely N-dealkylation sites (tertiary alicyclic amines) is 1. The number of rotatable bonds is 6. The first kappa shape index (κ1) is 22.0. The van der Waals surface area contributed by atoms with Crippen LogP contribution in [0.2, 0.25) is 0 Å². The number of aromatic nitrogens is 4. The zero-order valence-electron chi connectivity index (χ0n) is 19.4. The number of benzene rings is 1. The molecule has 2 bridgehead atoms. The first-order valence-corrected chi connectivity index (χ1v) is 12.4. The Balaban J connectivity index is 1.29. The van der Waals surface area contributed by atoms with E-state index in [0.29, 0.717) is 54.0 Å². The first-order valence-electron chi connectivity index (χ1n) is 12.4. The van der Waals surface area contributed by atoms with Crippen molar-refractivity contribution in [1.82, 2.24) is 29.8 Å². The quantitative estimate of drug-likeness (QED) is 0.429. The standard InChI is InChI=1S/C26H25F3N6O/c27-26(28,29)24(34-13-18-10-19(34)11-30-18)17-7-9-22-32-33-25(35(22)12-17)20-8-6-16-2-1-3-21(23(16)31-20)36-14-15-4-5-15/h1-3,6-9,12,15,18-19,24,30H,4-5,10-11,13-14H2/t18-,19-,24?/m1/s1. The molecule has 7 nitrogen and oxygen atoms in total. The van der Waals surface area contributed by atoms with Crippen molar-refractivity contribution >= 4 is 16.6 Å². The molecule has 3 aliphatic rings. The molecule has 1 saturated carbocycles. The number of piperazine rings is 1. The number of hydrogen-bond donors (Lipinski definition) is 1. The van der Waals surface area contributed by atoms with E-state index in [4.69, 9.17) is 9.72 Å². The minimum Gasteiger partial charge on any atom is -0.491 e. The molecule has 0 radical (unpaired) electrons. The molecule has 36 heavy (non-hydrogen) atoms. The van der Waals surface area contributed by atoms with Gasteiger partial charge in [0.25, 0.3) is 0 Å². The maximum absolute atomic E-state index is 14.4. The molecular weight excluding hydrogens is 469 g/mol. The number of para-hydroxylation sites is 1. The summed E-state index contributed by atoms with van der Waals surface area (Å²) in [6.45, 7) is 1.64. The molecule has 0 spiro atoms. The number of nitrogens with one attached hydrogen (secondary N) is 1. The lowest BCUT2D eigenvalue weighted by atomic mass is 10.1. The Labute approximate surface area is 205 Å². The van der Waals surface area contributed by atoms with Crippen LogP contribution >= 0.6 is 0 Å². The number of alkyl halides is 3. The summed E-state index contributed by atoms with van der Waals surface area (Å²) in [5.41, 5.74) is 1.89. The Morgan fingerprint density at radius 1 is 1.08 bits per heavy atom. The van der Waals surface area contributed by atoms with Gasteiger partial charge in [-0.25, -0.2) is 4.98 Å². The highest BCUT2D eigenvalue weighted by Crippen LogP contribution is 2.43. The number of hydrogen-bond acceptors (Lipinski definition) is 6. The van der Waals surface area contributed by atoms with Crippen molar-refractivity contribution < 1.29 is 17.9 Å². The average Bonchev–Trinajstić information content (AvgIpc) is 3.23. The van der Waals surface area contributed by atoms with Gasteiger partial charge in [0.05, 0.1) is 6.61 Å². The lowest BCUT2D eigenvalue weighted by Gasteiger charge is -2.36. The van der Waals surface area contributed by atoms with Gasteiger partial charge in [-0.15, -0.1) is 10.2 Å². The molecule has 3 aromatic heterocycles. The Hall–Kier alpha value is -3.24. The third-order valence-corrected chi connectivity index (χ3v) is 7.57. The Morgan fingerprint density at radius 3 is 2.72 bits per heavy atom. The second kappa shape index (κ2) is 8.14. The monoisotopic (exact) mass is 494 g/mol. The molecule has 1 aromatic carbocycles. The van der Waals surface area contributed by atoms with Crippen molar-refractivity contribution in [2.75, 3.05) is 19.7 Å². The van der Waals surface area contributed by atoms with Gasteiger partial charge in [0.2, 0.25) is 0 Å². The molecule has 1 unspecified atom stereocenters. The van der Waals surface area contributed by atoms with Gasteiger partial charge in [-0.3, -0.25) is 9.30 Å². The van der Waals surface area contributed by atoms with E-state index < -0.39 is 12.2 Å². The van der Waals surface area contributed by atoms with Crippen molar-refractivity contribution in [2.45, 2.75) is 43.6 Å². The highest BCUT2D eigenvalue weighted by molar-refractivity contribution is 5.86. The second-order valence-corrected chi connectivity index (χ2v) is 10.1. The number of nitrogens with zero attached hydrogens (tertiary/aromatic N) is 5. The summed E-state index contributed by atoms with van der Waals surface area (Å²) in [6.07, 6.45) is 0.237. The first-order chi connectivity index (χ1) is 17.4. The number of pyridine rings is 2. The van der Waals surface area contributed by atoms with Crippen LogP contribution in [0.25, 0.3) is 28.1 Å². The maximum Gasteiger partial charge on any atom is 0.408 e. The fraction of sp³-hybridized carbons (Fsp3) is 0.423. The molecule has 7 rings (SSSR count). The molecule has 1 N–H and O–H groups in total. The smallest absolute Gasteiger partial charge is 0.408 e. The minimum absolute atomic E-state index is 0.117. The minimum atomic E-state index is -4.40. The van der Waals surface area contributed by atoms with Crippen LogP contribution in [-0.2, 0) is 0 Å².